The van der Waals surface area contributed by atoms with Crippen LogP contribution in [0.15, 0.2) is 54.6 Å². The number of allylic oxidation sites excluding steroid dienone is 4. The van der Waals surface area contributed by atoms with E-state index in [1.54, 1.807) is 0 Å². The number of hydrogen-bond acceptors (Lipinski definition) is 1. The number of anilines is 1. The van der Waals surface area contributed by atoms with Crippen LogP contribution in [0.3, 0.4) is 0 Å². The van der Waals surface area contributed by atoms with Crippen LogP contribution >= 0.6 is 0 Å². The van der Waals surface area contributed by atoms with E-state index in [0.717, 1.165) is 24.9 Å². The third kappa shape index (κ3) is 13.5. The molecule has 0 saturated heterocycles. The molecule has 26 heavy (non-hydrogen) atoms. The molecule has 0 aliphatic rings. The molecule has 1 aromatic rings. The van der Waals surface area contributed by atoms with Gasteiger partial charge in [0.2, 0.25) is 5.91 Å². The quantitative estimate of drug-likeness (QED) is 0.257. The molecule has 0 spiro atoms. The fraction of sp³-hybridized carbons (Fsp3) is 0.542. The Morgan fingerprint density at radius 1 is 0.808 bits per heavy atom. The van der Waals surface area contributed by atoms with Crippen LogP contribution in [0.2, 0.25) is 0 Å². The number of hydrogen-bond donors (Lipinski definition) is 1. The van der Waals surface area contributed by atoms with Crippen molar-refractivity contribution in [2.45, 2.75) is 84.0 Å². The first kappa shape index (κ1) is 22.2. The van der Waals surface area contributed by atoms with Crippen LogP contribution in [0.1, 0.15) is 84.0 Å². The lowest BCUT2D eigenvalue weighted by Crippen LogP contribution is -2.10. The summed E-state index contributed by atoms with van der Waals surface area (Å²) in [6.07, 6.45) is 23.1. The summed E-state index contributed by atoms with van der Waals surface area (Å²) in [4.78, 5) is 11.8. The lowest BCUT2D eigenvalue weighted by atomic mass is 10.1. The van der Waals surface area contributed by atoms with E-state index >= 15 is 0 Å². The van der Waals surface area contributed by atoms with Gasteiger partial charge < -0.3 is 5.32 Å². The van der Waals surface area contributed by atoms with Gasteiger partial charge in [-0.05, 0) is 50.7 Å². The molecule has 1 aromatic carbocycles. The Morgan fingerprint density at radius 2 is 1.42 bits per heavy atom. The maximum Gasteiger partial charge on any atom is 0.224 e. The lowest BCUT2D eigenvalue weighted by molar-refractivity contribution is -0.116. The molecule has 1 rings (SSSR count). The number of amides is 1. The molecule has 2 heteroatoms. The molecule has 0 heterocycles. The number of rotatable bonds is 15. The standard InChI is InChI=1S/C24H37NO/c1-2-3-4-5-6-7-8-9-10-11-12-13-14-15-19-22-24(26)25-23-20-17-16-18-21-23/h6-7,9-10,16-18,20-21H,2-5,8,11-15,19,22H2,1H3,(H,25,26). The molecule has 0 saturated carbocycles. The third-order valence-corrected chi connectivity index (χ3v) is 4.41. The summed E-state index contributed by atoms with van der Waals surface area (Å²) in [7, 11) is 0. The minimum Gasteiger partial charge on any atom is -0.326 e. The third-order valence-electron chi connectivity index (χ3n) is 4.41. The highest BCUT2D eigenvalue weighted by atomic mass is 16.1. The number of carbonyl (C=O) groups is 1. The van der Waals surface area contributed by atoms with Crippen LogP contribution in [0, 0.1) is 0 Å². The molecule has 0 fully saturated rings. The smallest absolute Gasteiger partial charge is 0.224 e. The number of carbonyl (C=O) groups excluding carboxylic acids is 1. The van der Waals surface area contributed by atoms with Crippen LogP contribution in [-0.4, -0.2) is 5.91 Å². The fourth-order valence-electron chi connectivity index (χ4n) is 2.84. The average molecular weight is 356 g/mol. The molecule has 0 aliphatic heterocycles. The predicted octanol–water partition coefficient (Wildman–Crippen LogP) is 7.44. The Hall–Kier alpha value is -1.83. The maximum atomic E-state index is 11.8. The van der Waals surface area contributed by atoms with Gasteiger partial charge in [0.15, 0.2) is 0 Å². The molecule has 0 radical (unpaired) electrons. The molecule has 1 N–H and O–H groups in total. The summed E-state index contributed by atoms with van der Waals surface area (Å²) in [6.45, 7) is 2.25. The van der Waals surface area contributed by atoms with E-state index in [0.29, 0.717) is 6.42 Å². The minimum atomic E-state index is 0.127. The van der Waals surface area contributed by atoms with Crippen LogP contribution in [-0.2, 0) is 4.79 Å². The van der Waals surface area contributed by atoms with Gasteiger partial charge in [-0.25, -0.2) is 0 Å². The van der Waals surface area contributed by atoms with Crippen molar-refractivity contribution in [1.29, 1.82) is 0 Å². The Morgan fingerprint density at radius 3 is 2.12 bits per heavy atom. The molecule has 144 valence electrons. The predicted molar refractivity (Wildman–Crippen MR) is 114 cm³/mol. The monoisotopic (exact) mass is 355 g/mol. The van der Waals surface area contributed by atoms with Crippen LogP contribution in [0.25, 0.3) is 0 Å². The van der Waals surface area contributed by atoms with Gasteiger partial charge in [-0.15, -0.1) is 0 Å². The number of benzene rings is 1. The van der Waals surface area contributed by atoms with Crippen molar-refractivity contribution < 1.29 is 4.79 Å². The van der Waals surface area contributed by atoms with Gasteiger partial charge in [-0.2, -0.15) is 0 Å². The van der Waals surface area contributed by atoms with Crippen molar-refractivity contribution >= 4 is 11.6 Å². The van der Waals surface area contributed by atoms with Crippen molar-refractivity contribution in [1.82, 2.24) is 0 Å². The number of unbranched alkanes of at least 4 members (excludes halogenated alkanes) is 8. The molecular weight excluding hydrogens is 318 g/mol. The second-order valence-electron chi connectivity index (χ2n) is 6.89. The van der Waals surface area contributed by atoms with E-state index in [-0.39, 0.29) is 5.91 Å². The topological polar surface area (TPSA) is 29.1 Å². The van der Waals surface area contributed by atoms with Crippen molar-refractivity contribution in [3.63, 3.8) is 0 Å². The second-order valence-corrected chi connectivity index (χ2v) is 6.89. The zero-order valence-corrected chi connectivity index (χ0v) is 16.6. The van der Waals surface area contributed by atoms with Crippen LogP contribution in [0.4, 0.5) is 5.69 Å². The summed E-state index contributed by atoms with van der Waals surface area (Å²) < 4.78 is 0. The first-order valence-electron chi connectivity index (χ1n) is 10.5. The van der Waals surface area contributed by atoms with Crippen LogP contribution < -0.4 is 5.32 Å². The van der Waals surface area contributed by atoms with Gasteiger partial charge >= 0.3 is 0 Å². The van der Waals surface area contributed by atoms with Crippen molar-refractivity contribution in [2.24, 2.45) is 0 Å². The first-order chi connectivity index (χ1) is 12.8. The maximum absolute atomic E-state index is 11.8. The Balaban J connectivity index is 1.87. The minimum absolute atomic E-state index is 0.127. The highest BCUT2D eigenvalue weighted by Gasteiger charge is 2.01. The zero-order chi connectivity index (χ0) is 18.7. The Kier molecular flexibility index (Phi) is 14.2. The van der Waals surface area contributed by atoms with E-state index in [1.165, 1.54) is 51.4 Å². The van der Waals surface area contributed by atoms with Crippen LogP contribution in [0.5, 0.6) is 0 Å². The average Bonchev–Trinajstić information content (AvgIpc) is 2.65. The van der Waals surface area contributed by atoms with Crippen molar-refractivity contribution in [2.75, 3.05) is 5.32 Å². The SMILES string of the molecule is CCCCCC=CCC=CCCCCCCCC(=O)Nc1ccccc1. The highest BCUT2D eigenvalue weighted by Crippen LogP contribution is 2.10. The molecule has 0 bridgehead atoms. The highest BCUT2D eigenvalue weighted by molar-refractivity contribution is 5.90. The normalized spacial score (nSPS) is 11.4. The van der Waals surface area contributed by atoms with Gasteiger partial charge in [0.05, 0.1) is 0 Å². The van der Waals surface area contributed by atoms with Crippen molar-refractivity contribution in [3.8, 4) is 0 Å². The van der Waals surface area contributed by atoms with E-state index in [1.807, 2.05) is 30.3 Å². The van der Waals surface area contributed by atoms with Gasteiger partial charge in [-0.3, -0.25) is 4.79 Å². The summed E-state index contributed by atoms with van der Waals surface area (Å²) in [5.74, 6) is 0.127. The Bertz CT molecular complexity index is 504. The van der Waals surface area contributed by atoms with Gasteiger partial charge in [-0.1, -0.05) is 81.5 Å². The van der Waals surface area contributed by atoms with E-state index in [2.05, 4.69) is 36.5 Å². The molecule has 1 amide bonds. The first-order valence-corrected chi connectivity index (χ1v) is 10.5. The molecule has 2 nitrogen and oxygen atoms in total. The summed E-state index contributed by atoms with van der Waals surface area (Å²) >= 11 is 0. The second kappa shape index (κ2) is 16.6. The molecule has 0 aliphatic carbocycles. The molecule has 0 aromatic heterocycles. The summed E-state index contributed by atoms with van der Waals surface area (Å²) in [5, 5.41) is 2.94. The van der Waals surface area contributed by atoms with Gasteiger partial charge in [0.25, 0.3) is 0 Å². The zero-order valence-electron chi connectivity index (χ0n) is 16.6. The summed E-state index contributed by atoms with van der Waals surface area (Å²) in [6, 6.07) is 9.68. The van der Waals surface area contributed by atoms with Gasteiger partial charge in [0.1, 0.15) is 0 Å². The van der Waals surface area contributed by atoms with E-state index < -0.39 is 0 Å². The number of para-hydroxylation sites is 1. The number of nitrogens with one attached hydrogen (secondary N) is 1. The molecular formula is C24H37NO. The van der Waals surface area contributed by atoms with E-state index in [4.69, 9.17) is 0 Å². The fourth-order valence-corrected chi connectivity index (χ4v) is 2.84. The summed E-state index contributed by atoms with van der Waals surface area (Å²) in [5.41, 5.74) is 0.889. The van der Waals surface area contributed by atoms with Gasteiger partial charge in [0, 0.05) is 12.1 Å². The molecule has 0 atom stereocenters. The molecule has 0 unspecified atom stereocenters. The van der Waals surface area contributed by atoms with E-state index in [9.17, 15) is 4.79 Å². The Labute approximate surface area is 160 Å². The van der Waals surface area contributed by atoms with Crippen molar-refractivity contribution in [3.05, 3.63) is 54.6 Å². The lowest BCUT2D eigenvalue weighted by Gasteiger charge is -2.04. The largest absolute Gasteiger partial charge is 0.326 e.